The Morgan fingerprint density at radius 2 is 2.07 bits per heavy atom. The van der Waals surface area contributed by atoms with E-state index in [-0.39, 0.29) is 23.5 Å². The molecule has 220 valence electrons. The van der Waals surface area contributed by atoms with Gasteiger partial charge in [-0.05, 0) is 66.6 Å². The quantitative estimate of drug-likeness (QED) is 0.293. The van der Waals surface area contributed by atoms with Gasteiger partial charge in [0, 0.05) is 38.6 Å². The minimum Gasteiger partial charge on any atom is -0.406 e. The van der Waals surface area contributed by atoms with Crippen LogP contribution in [0, 0.1) is 12.8 Å². The molecule has 1 aliphatic carbocycles. The average Bonchev–Trinajstić information content (AvgIpc) is 3.44. The predicted molar refractivity (Wildman–Crippen MR) is 146 cm³/mol. The van der Waals surface area contributed by atoms with E-state index in [1.165, 1.54) is 12.1 Å². The molecule has 1 unspecified atom stereocenters. The van der Waals surface area contributed by atoms with Gasteiger partial charge < -0.3 is 19.1 Å². The van der Waals surface area contributed by atoms with Crippen LogP contribution in [0.3, 0.4) is 0 Å². The number of hydrogen-bond donors (Lipinski definition) is 1. The summed E-state index contributed by atoms with van der Waals surface area (Å²) in [7, 11) is 0. The molecule has 12 heteroatoms. The molecule has 2 atom stereocenters. The number of rotatable bonds is 9. The number of nitrogens with zero attached hydrogens (tertiary/aromatic N) is 5. The topological polar surface area (TPSA) is 98.3 Å². The first-order chi connectivity index (χ1) is 20.2. The number of nitrogens with one attached hydrogen (secondary N) is 1. The minimum absolute atomic E-state index is 0.0634. The second-order valence-corrected chi connectivity index (χ2v) is 10.7. The molecular weight excluding hydrogens is 549 g/mol. The largest absolute Gasteiger partial charge is 0.573 e. The van der Waals surface area contributed by atoms with Crippen molar-refractivity contribution in [3.05, 3.63) is 83.0 Å². The Hall–Kier alpha value is -4.19. The van der Waals surface area contributed by atoms with E-state index in [4.69, 9.17) is 4.52 Å². The van der Waals surface area contributed by atoms with Crippen LogP contribution in [0.5, 0.6) is 5.75 Å². The van der Waals surface area contributed by atoms with E-state index in [0.717, 1.165) is 41.2 Å². The molecule has 2 aliphatic rings. The van der Waals surface area contributed by atoms with Crippen LogP contribution >= 0.6 is 0 Å². The lowest BCUT2D eigenvalue weighted by Gasteiger charge is -2.32. The Kier molecular flexibility index (Phi) is 7.48. The highest BCUT2D eigenvalue weighted by Gasteiger charge is 2.47. The number of hydrogen-bond acceptors (Lipinski definition) is 7. The van der Waals surface area contributed by atoms with Crippen molar-refractivity contribution >= 4 is 5.91 Å². The fraction of sp³-hybridized carbons (Fsp3) is 0.400. The standard InChI is InChI=1S/C30H31F3N6O3/c1-3-39-12-10-34-27(39)17-38-11-9-23-22(19-5-4-6-21(13-19)41-30(31,32)33)8-7-20(26(23)16-38)15-35-28(40)24-14-25(24)29-36-18(2)37-42-29/h4-8,10,12-13,24-25H,3,9,11,14-17H2,1-2H3,(H,35,40)/t24?,25-/m0/s1. The van der Waals surface area contributed by atoms with E-state index < -0.39 is 6.36 Å². The van der Waals surface area contributed by atoms with Crippen molar-refractivity contribution in [3.63, 3.8) is 0 Å². The SMILES string of the molecule is CCn1ccnc1CN1CCc2c(-c3cccc(OC(F)(F)F)c3)ccc(CNC(=O)C3C[C@@H]3c3nc(C)no3)c2C1. The van der Waals surface area contributed by atoms with E-state index in [0.29, 0.717) is 49.8 Å². The second-order valence-electron chi connectivity index (χ2n) is 10.7. The molecule has 1 fully saturated rings. The Labute approximate surface area is 240 Å². The van der Waals surface area contributed by atoms with Crippen LogP contribution in [0.2, 0.25) is 0 Å². The average molecular weight is 581 g/mol. The Bertz CT molecular complexity index is 1600. The first kappa shape index (κ1) is 28.0. The van der Waals surface area contributed by atoms with E-state index >= 15 is 0 Å². The van der Waals surface area contributed by atoms with Crippen LogP contribution in [-0.4, -0.2) is 43.4 Å². The number of aromatic nitrogens is 4. The van der Waals surface area contributed by atoms with E-state index in [1.807, 2.05) is 18.3 Å². The fourth-order valence-electron chi connectivity index (χ4n) is 5.74. The van der Waals surface area contributed by atoms with Crippen molar-refractivity contribution in [1.29, 1.82) is 0 Å². The van der Waals surface area contributed by atoms with Gasteiger partial charge in [-0.2, -0.15) is 4.98 Å². The van der Waals surface area contributed by atoms with Crippen molar-refractivity contribution in [2.75, 3.05) is 6.54 Å². The Morgan fingerprint density at radius 1 is 1.21 bits per heavy atom. The molecule has 4 aromatic rings. The summed E-state index contributed by atoms with van der Waals surface area (Å²) < 4.78 is 50.3. The van der Waals surface area contributed by atoms with Gasteiger partial charge in [0.15, 0.2) is 5.82 Å². The van der Waals surface area contributed by atoms with Crippen LogP contribution in [0.25, 0.3) is 11.1 Å². The molecule has 0 radical (unpaired) electrons. The molecule has 1 amide bonds. The third-order valence-electron chi connectivity index (χ3n) is 7.91. The predicted octanol–water partition coefficient (Wildman–Crippen LogP) is 5.14. The fourth-order valence-corrected chi connectivity index (χ4v) is 5.74. The highest BCUT2D eigenvalue weighted by Crippen LogP contribution is 2.47. The number of fused-ring (bicyclic) bond motifs is 1. The third-order valence-corrected chi connectivity index (χ3v) is 7.91. The summed E-state index contributed by atoms with van der Waals surface area (Å²) in [6.45, 7) is 7.03. The van der Waals surface area contributed by atoms with Gasteiger partial charge in [-0.1, -0.05) is 29.4 Å². The van der Waals surface area contributed by atoms with Gasteiger partial charge in [0.1, 0.15) is 11.6 Å². The summed E-state index contributed by atoms with van der Waals surface area (Å²) in [6.07, 6.45) is 0.354. The van der Waals surface area contributed by atoms with E-state index in [9.17, 15) is 18.0 Å². The molecule has 1 N–H and O–H groups in total. The maximum Gasteiger partial charge on any atom is 0.573 e. The van der Waals surface area contributed by atoms with Crippen molar-refractivity contribution < 1.29 is 27.2 Å². The zero-order chi connectivity index (χ0) is 29.4. The molecule has 9 nitrogen and oxygen atoms in total. The molecule has 2 aromatic heterocycles. The number of ether oxygens (including phenoxy) is 1. The van der Waals surface area contributed by atoms with Gasteiger partial charge >= 0.3 is 6.36 Å². The summed E-state index contributed by atoms with van der Waals surface area (Å²) in [5.41, 5.74) is 4.60. The molecule has 0 bridgehead atoms. The van der Waals surface area contributed by atoms with Gasteiger partial charge in [0.05, 0.1) is 18.4 Å². The summed E-state index contributed by atoms with van der Waals surface area (Å²) >= 11 is 0. The Balaban J connectivity index is 1.25. The zero-order valence-corrected chi connectivity index (χ0v) is 23.3. The van der Waals surface area contributed by atoms with E-state index in [2.05, 4.69) is 41.6 Å². The van der Waals surface area contributed by atoms with Crippen molar-refractivity contribution in [3.8, 4) is 16.9 Å². The van der Waals surface area contributed by atoms with Gasteiger partial charge in [0.25, 0.3) is 0 Å². The molecule has 0 spiro atoms. The lowest BCUT2D eigenvalue weighted by atomic mass is 9.87. The van der Waals surface area contributed by atoms with Gasteiger partial charge in [0.2, 0.25) is 11.8 Å². The molecule has 3 heterocycles. The normalized spacial score (nSPS) is 18.5. The number of halogens is 3. The molecule has 6 rings (SSSR count). The monoisotopic (exact) mass is 580 g/mol. The second kappa shape index (κ2) is 11.2. The Morgan fingerprint density at radius 3 is 2.83 bits per heavy atom. The number of amides is 1. The molecule has 0 saturated heterocycles. The number of imidazole rings is 1. The molecule has 2 aromatic carbocycles. The van der Waals surface area contributed by atoms with Crippen LogP contribution in [0.1, 0.15) is 53.5 Å². The lowest BCUT2D eigenvalue weighted by Crippen LogP contribution is -2.33. The molecule has 1 saturated carbocycles. The number of benzene rings is 2. The summed E-state index contributed by atoms with van der Waals surface area (Å²) in [4.78, 5) is 24.1. The minimum atomic E-state index is -4.77. The number of aryl methyl sites for hydroxylation is 2. The van der Waals surface area contributed by atoms with Crippen LogP contribution in [0.15, 0.2) is 53.3 Å². The first-order valence-electron chi connectivity index (χ1n) is 14.0. The van der Waals surface area contributed by atoms with Crippen LogP contribution < -0.4 is 10.1 Å². The maximum atomic E-state index is 13.0. The number of alkyl halides is 3. The van der Waals surface area contributed by atoms with Crippen molar-refractivity contribution in [2.45, 2.75) is 65.1 Å². The highest BCUT2D eigenvalue weighted by molar-refractivity contribution is 5.82. The number of carbonyl (C=O) groups excluding carboxylic acids is 1. The van der Waals surface area contributed by atoms with E-state index in [1.54, 1.807) is 25.3 Å². The van der Waals surface area contributed by atoms with Gasteiger partial charge in [-0.15, -0.1) is 13.2 Å². The lowest BCUT2D eigenvalue weighted by molar-refractivity contribution is -0.274. The maximum absolute atomic E-state index is 13.0. The third kappa shape index (κ3) is 6.03. The smallest absolute Gasteiger partial charge is 0.406 e. The molecule has 1 aliphatic heterocycles. The summed E-state index contributed by atoms with van der Waals surface area (Å²) in [5, 5.41) is 6.90. The zero-order valence-electron chi connectivity index (χ0n) is 23.3. The summed E-state index contributed by atoms with van der Waals surface area (Å²) in [6, 6.07) is 9.94. The van der Waals surface area contributed by atoms with Crippen molar-refractivity contribution in [2.24, 2.45) is 5.92 Å². The van der Waals surface area contributed by atoms with Gasteiger partial charge in [-0.3, -0.25) is 9.69 Å². The summed E-state index contributed by atoms with van der Waals surface area (Å²) in [5.74, 6) is 1.41. The van der Waals surface area contributed by atoms with Crippen LogP contribution in [-0.2, 0) is 37.4 Å². The van der Waals surface area contributed by atoms with Crippen molar-refractivity contribution in [1.82, 2.24) is 29.9 Å². The van der Waals surface area contributed by atoms with Gasteiger partial charge in [-0.25, -0.2) is 4.98 Å². The van der Waals surface area contributed by atoms with Crippen LogP contribution in [0.4, 0.5) is 13.2 Å². The molecular formula is C30H31F3N6O3. The first-order valence-corrected chi connectivity index (χ1v) is 14.0. The number of carbonyl (C=O) groups is 1. The molecule has 42 heavy (non-hydrogen) atoms. The highest BCUT2D eigenvalue weighted by atomic mass is 19.4.